The smallest absolute Gasteiger partial charge is 0.334 e. The highest BCUT2D eigenvalue weighted by molar-refractivity contribution is 5.88. The number of ether oxygens (including phenoxy) is 1. The number of rotatable bonds is 2. The lowest BCUT2D eigenvalue weighted by atomic mass is 9.75. The first-order chi connectivity index (χ1) is 8.44. The lowest BCUT2D eigenvalue weighted by Gasteiger charge is -2.36. The molecule has 0 bridgehead atoms. The van der Waals surface area contributed by atoms with Gasteiger partial charge in [-0.2, -0.15) is 0 Å². The predicted molar refractivity (Wildman–Crippen MR) is 70.6 cm³/mol. The third-order valence-electron chi connectivity index (χ3n) is 3.86. The minimum Gasteiger partial charge on any atom is -0.467 e. The number of carbonyl (C=O) groups excluding carboxylic acids is 1. The Morgan fingerprint density at radius 2 is 1.89 bits per heavy atom. The fraction of sp³-hybridized carbons (Fsp3) is 0.429. The van der Waals surface area contributed by atoms with Crippen LogP contribution in [0.4, 0.5) is 0 Å². The number of hydrogen-bond donors (Lipinski definition) is 1. The molecule has 18 heavy (non-hydrogen) atoms. The summed E-state index contributed by atoms with van der Waals surface area (Å²) in [5.74, 6) is -0.317. The van der Waals surface area contributed by atoms with Crippen LogP contribution in [0.5, 0.6) is 0 Å². The molecule has 0 fully saturated rings. The van der Waals surface area contributed by atoms with E-state index < -0.39 is 11.1 Å². The summed E-state index contributed by atoms with van der Waals surface area (Å²) in [6.07, 6.45) is 1.58. The number of nitrogens with zero attached hydrogens (tertiary/aromatic N) is 1. The second kappa shape index (κ2) is 4.12. The van der Waals surface area contributed by atoms with Crippen LogP contribution in [-0.2, 0) is 15.1 Å². The van der Waals surface area contributed by atoms with Gasteiger partial charge in [-0.1, -0.05) is 29.8 Å². The van der Waals surface area contributed by atoms with E-state index in [1.165, 1.54) is 12.7 Å². The Hall–Kier alpha value is -1.84. The van der Waals surface area contributed by atoms with E-state index in [0.29, 0.717) is 0 Å². The molecule has 0 unspecified atom stereocenters. The van der Waals surface area contributed by atoms with Gasteiger partial charge in [-0.15, -0.1) is 0 Å². The number of esters is 1. The van der Waals surface area contributed by atoms with Crippen molar-refractivity contribution in [1.82, 2.24) is 5.32 Å². The van der Waals surface area contributed by atoms with Crippen molar-refractivity contribution in [2.45, 2.75) is 31.8 Å². The largest absolute Gasteiger partial charge is 0.467 e. The fourth-order valence-electron chi connectivity index (χ4n) is 2.26. The monoisotopic (exact) mass is 246 g/mol. The summed E-state index contributed by atoms with van der Waals surface area (Å²) in [5.41, 5.74) is 0.629. The molecule has 2 atom stereocenters. The molecule has 0 spiro atoms. The second-order valence-corrected chi connectivity index (χ2v) is 4.96. The maximum atomic E-state index is 12.0. The number of aliphatic imine (C=N–C) groups is 1. The van der Waals surface area contributed by atoms with Crippen LogP contribution in [0.15, 0.2) is 29.3 Å². The molecule has 1 aliphatic rings. The molecule has 0 aromatic heterocycles. The van der Waals surface area contributed by atoms with Crippen molar-refractivity contribution >= 4 is 12.3 Å². The van der Waals surface area contributed by atoms with E-state index >= 15 is 0 Å². The van der Waals surface area contributed by atoms with Crippen LogP contribution in [0.3, 0.4) is 0 Å². The van der Waals surface area contributed by atoms with Crippen LogP contribution in [0.1, 0.15) is 25.0 Å². The first-order valence-electron chi connectivity index (χ1n) is 5.91. The van der Waals surface area contributed by atoms with Gasteiger partial charge in [0.1, 0.15) is 5.54 Å². The van der Waals surface area contributed by atoms with Crippen molar-refractivity contribution in [3.05, 3.63) is 35.4 Å². The number of carbonyl (C=O) groups is 1. The third-order valence-corrected chi connectivity index (χ3v) is 3.86. The van der Waals surface area contributed by atoms with Gasteiger partial charge >= 0.3 is 5.97 Å². The molecule has 1 aromatic rings. The maximum Gasteiger partial charge on any atom is 0.334 e. The molecule has 1 heterocycles. The number of nitrogens with one attached hydrogen (secondary N) is 1. The van der Waals surface area contributed by atoms with Crippen molar-refractivity contribution in [3.63, 3.8) is 0 Å². The van der Waals surface area contributed by atoms with Crippen molar-refractivity contribution in [3.8, 4) is 0 Å². The average molecular weight is 246 g/mol. The van der Waals surface area contributed by atoms with E-state index in [1.807, 2.05) is 45.0 Å². The molecule has 0 radical (unpaired) electrons. The van der Waals surface area contributed by atoms with Crippen LogP contribution in [-0.4, -0.2) is 25.0 Å². The summed E-state index contributed by atoms with van der Waals surface area (Å²) >= 11 is 0. The Balaban J connectivity index is 2.48. The molecule has 0 saturated carbocycles. The van der Waals surface area contributed by atoms with E-state index in [-0.39, 0.29) is 5.97 Å². The summed E-state index contributed by atoms with van der Waals surface area (Å²) < 4.78 is 4.90. The van der Waals surface area contributed by atoms with Crippen molar-refractivity contribution in [2.24, 2.45) is 4.99 Å². The summed E-state index contributed by atoms with van der Waals surface area (Å²) in [6, 6.07) is 8.04. The Labute approximate surface area is 107 Å². The van der Waals surface area contributed by atoms with Crippen LogP contribution in [0, 0.1) is 6.92 Å². The predicted octanol–water partition coefficient (Wildman–Crippen LogP) is 1.77. The zero-order valence-electron chi connectivity index (χ0n) is 11.2. The summed E-state index contributed by atoms with van der Waals surface area (Å²) in [7, 11) is 1.39. The maximum absolute atomic E-state index is 12.0. The zero-order valence-corrected chi connectivity index (χ0v) is 11.2. The van der Waals surface area contributed by atoms with Crippen LogP contribution < -0.4 is 5.32 Å². The van der Waals surface area contributed by atoms with Gasteiger partial charge in [0.15, 0.2) is 5.54 Å². The first-order valence-corrected chi connectivity index (χ1v) is 5.91. The molecule has 2 rings (SSSR count). The third kappa shape index (κ3) is 1.60. The van der Waals surface area contributed by atoms with E-state index in [0.717, 1.165) is 5.56 Å². The number of aryl methyl sites for hydroxylation is 1. The number of benzene rings is 1. The highest BCUT2D eigenvalue weighted by atomic mass is 16.5. The van der Waals surface area contributed by atoms with Crippen molar-refractivity contribution < 1.29 is 9.53 Å². The molecule has 0 amide bonds. The zero-order chi connectivity index (χ0) is 13.4. The van der Waals surface area contributed by atoms with E-state index in [9.17, 15) is 4.79 Å². The summed E-state index contributed by atoms with van der Waals surface area (Å²) in [5, 5.41) is 3.02. The van der Waals surface area contributed by atoms with E-state index in [4.69, 9.17) is 4.74 Å². The quantitative estimate of drug-likeness (QED) is 0.809. The van der Waals surface area contributed by atoms with Gasteiger partial charge in [-0.25, -0.2) is 4.79 Å². The summed E-state index contributed by atoms with van der Waals surface area (Å²) in [4.78, 5) is 16.5. The van der Waals surface area contributed by atoms with Crippen LogP contribution >= 0.6 is 0 Å². The van der Waals surface area contributed by atoms with Crippen LogP contribution in [0.25, 0.3) is 0 Å². The van der Waals surface area contributed by atoms with E-state index in [2.05, 4.69) is 10.3 Å². The molecule has 1 aliphatic heterocycles. The molecule has 96 valence electrons. The molecular weight excluding hydrogens is 228 g/mol. The first kappa shape index (κ1) is 12.6. The Morgan fingerprint density at radius 3 is 2.44 bits per heavy atom. The van der Waals surface area contributed by atoms with Gasteiger partial charge in [0, 0.05) is 0 Å². The number of methoxy groups -OCH3 is 1. The molecular formula is C14H18N2O2. The summed E-state index contributed by atoms with van der Waals surface area (Å²) in [6.45, 7) is 5.78. The molecule has 1 aromatic carbocycles. The molecule has 4 heteroatoms. The fourth-order valence-corrected chi connectivity index (χ4v) is 2.26. The molecule has 4 nitrogen and oxygen atoms in total. The van der Waals surface area contributed by atoms with Gasteiger partial charge in [0.2, 0.25) is 0 Å². The highest BCUT2D eigenvalue weighted by Crippen LogP contribution is 2.39. The highest BCUT2D eigenvalue weighted by Gasteiger charge is 2.54. The van der Waals surface area contributed by atoms with Gasteiger partial charge < -0.3 is 10.1 Å². The lowest BCUT2D eigenvalue weighted by molar-refractivity contribution is -0.149. The van der Waals surface area contributed by atoms with Crippen molar-refractivity contribution in [1.29, 1.82) is 0 Å². The SMILES string of the molecule is COC(=O)[C@@]1(C)NC=N[C@]1(C)c1ccc(C)cc1. The van der Waals surface area contributed by atoms with Crippen molar-refractivity contribution in [2.75, 3.05) is 7.11 Å². The van der Waals surface area contributed by atoms with Gasteiger partial charge in [0.05, 0.1) is 13.4 Å². The van der Waals surface area contributed by atoms with Crippen LogP contribution in [0.2, 0.25) is 0 Å². The number of hydrogen-bond acceptors (Lipinski definition) is 4. The standard InChI is InChI=1S/C14H18N2O2/c1-10-5-7-11(8-6-10)13(2)14(3,12(17)18-4)16-9-15-13/h5-9H,1-4H3,(H,15,16)/t13-,14-/m1/s1. The minimum atomic E-state index is -0.878. The molecule has 1 N–H and O–H groups in total. The van der Waals surface area contributed by atoms with Gasteiger partial charge in [0.25, 0.3) is 0 Å². The Kier molecular flexibility index (Phi) is 2.89. The molecule has 0 aliphatic carbocycles. The topological polar surface area (TPSA) is 50.7 Å². The normalized spacial score (nSPS) is 30.0. The lowest BCUT2D eigenvalue weighted by Crippen LogP contribution is -2.58. The molecule has 0 saturated heterocycles. The van der Waals surface area contributed by atoms with Gasteiger partial charge in [-0.05, 0) is 26.3 Å². The average Bonchev–Trinajstić information content (AvgIpc) is 2.67. The Morgan fingerprint density at radius 1 is 1.28 bits per heavy atom. The minimum absolute atomic E-state index is 0.317. The Bertz CT molecular complexity index is 495. The van der Waals surface area contributed by atoms with Gasteiger partial charge in [-0.3, -0.25) is 4.99 Å². The second-order valence-electron chi connectivity index (χ2n) is 4.96. The van der Waals surface area contributed by atoms with E-state index in [1.54, 1.807) is 6.34 Å².